The average molecular weight is 391 g/mol. The van der Waals surface area contributed by atoms with Crippen LogP contribution in [0.4, 0.5) is 10.2 Å². The average Bonchev–Trinajstić information content (AvgIpc) is 2.77. The molecule has 148 valence electrons. The molecular weight excluding hydrogens is 369 g/mol. The third-order valence-electron chi connectivity index (χ3n) is 5.27. The number of pyridine rings is 1. The molecule has 0 radical (unpaired) electrons. The number of carbonyl (C=O) groups is 2. The molecule has 3 aromatic rings. The summed E-state index contributed by atoms with van der Waals surface area (Å²) in [4.78, 5) is 33.4. The fourth-order valence-corrected chi connectivity index (χ4v) is 3.58. The lowest BCUT2D eigenvalue weighted by Gasteiger charge is -2.35. The second-order valence-electron chi connectivity index (χ2n) is 7.16. The molecule has 1 aliphatic rings. The Kier molecular flexibility index (Phi) is 5.51. The van der Waals surface area contributed by atoms with Crippen LogP contribution >= 0.6 is 0 Å². The van der Waals surface area contributed by atoms with Gasteiger partial charge in [0.1, 0.15) is 11.6 Å². The first-order valence-electron chi connectivity index (χ1n) is 9.77. The summed E-state index contributed by atoms with van der Waals surface area (Å²) in [6.07, 6.45) is 0.307. The lowest BCUT2D eigenvalue weighted by atomic mass is 10.1. The molecule has 1 aliphatic heterocycles. The highest BCUT2D eigenvalue weighted by molar-refractivity contribution is 5.97. The molecule has 0 unspecified atom stereocenters. The number of hydrogen-bond donors (Lipinski definition) is 0. The van der Waals surface area contributed by atoms with E-state index in [1.165, 1.54) is 24.3 Å². The normalized spacial score (nSPS) is 14.2. The fourth-order valence-electron chi connectivity index (χ4n) is 3.58. The maximum atomic E-state index is 13.0. The van der Waals surface area contributed by atoms with Gasteiger partial charge in [0.2, 0.25) is 5.91 Å². The van der Waals surface area contributed by atoms with Crippen molar-refractivity contribution in [2.45, 2.75) is 12.8 Å². The summed E-state index contributed by atoms with van der Waals surface area (Å²) in [5, 5.41) is 1.11. The largest absolute Gasteiger partial charge is 0.353 e. The number of rotatable bonds is 5. The first-order valence-corrected chi connectivity index (χ1v) is 9.77. The standard InChI is InChI=1S/C23H22FN3O2/c24-19-8-5-18(6-9-19)21(28)10-12-23(29)27-15-13-26(14-16-27)22-11-7-17-3-1-2-4-20(17)25-22/h1-9,11H,10,12-16H2. The number of aromatic nitrogens is 1. The Balaban J connectivity index is 1.30. The maximum Gasteiger partial charge on any atom is 0.223 e. The summed E-state index contributed by atoms with van der Waals surface area (Å²) in [6, 6.07) is 17.5. The van der Waals surface area contributed by atoms with Crippen molar-refractivity contribution in [2.24, 2.45) is 0 Å². The van der Waals surface area contributed by atoms with Gasteiger partial charge in [-0.1, -0.05) is 18.2 Å². The van der Waals surface area contributed by atoms with Gasteiger partial charge in [0.25, 0.3) is 0 Å². The minimum Gasteiger partial charge on any atom is -0.353 e. The molecule has 1 aromatic heterocycles. The molecule has 2 aromatic carbocycles. The van der Waals surface area contributed by atoms with Crippen LogP contribution in [0.15, 0.2) is 60.7 Å². The van der Waals surface area contributed by atoms with E-state index in [0.29, 0.717) is 31.7 Å². The monoisotopic (exact) mass is 391 g/mol. The number of fused-ring (bicyclic) bond motifs is 1. The molecule has 0 atom stereocenters. The Morgan fingerprint density at radius 1 is 0.862 bits per heavy atom. The number of Topliss-reactive ketones (excluding diaryl/α,β-unsaturated/α-hetero) is 1. The first-order chi connectivity index (χ1) is 14.1. The number of amides is 1. The summed E-state index contributed by atoms with van der Waals surface area (Å²) < 4.78 is 13.0. The van der Waals surface area contributed by atoms with Crippen molar-refractivity contribution >= 4 is 28.4 Å². The van der Waals surface area contributed by atoms with Gasteiger partial charge in [-0.2, -0.15) is 0 Å². The summed E-state index contributed by atoms with van der Waals surface area (Å²) >= 11 is 0. The van der Waals surface area contributed by atoms with Crippen LogP contribution in [0.5, 0.6) is 0 Å². The van der Waals surface area contributed by atoms with E-state index in [9.17, 15) is 14.0 Å². The van der Waals surface area contributed by atoms with Gasteiger partial charge >= 0.3 is 0 Å². The van der Waals surface area contributed by atoms with E-state index in [2.05, 4.69) is 11.0 Å². The molecule has 0 spiro atoms. The fraction of sp³-hybridized carbons (Fsp3) is 0.261. The van der Waals surface area contributed by atoms with Crippen LogP contribution in [0.25, 0.3) is 10.9 Å². The molecule has 0 N–H and O–H groups in total. The molecular formula is C23H22FN3O2. The number of hydrogen-bond acceptors (Lipinski definition) is 4. The van der Waals surface area contributed by atoms with E-state index < -0.39 is 0 Å². The van der Waals surface area contributed by atoms with Crippen molar-refractivity contribution < 1.29 is 14.0 Å². The van der Waals surface area contributed by atoms with E-state index in [1.54, 1.807) is 4.90 Å². The number of halogens is 1. The summed E-state index contributed by atoms with van der Waals surface area (Å²) in [5.41, 5.74) is 1.40. The number of ketones is 1. The summed E-state index contributed by atoms with van der Waals surface area (Å²) in [6.45, 7) is 2.64. The minimum absolute atomic E-state index is 0.0217. The van der Waals surface area contributed by atoms with Crippen LogP contribution in [-0.2, 0) is 4.79 Å². The molecule has 2 heterocycles. The van der Waals surface area contributed by atoms with Gasteiger partial charge in [-0.05, 0) is 42.5 Å². The van der Waals surface area contributed by atoms with Crippen molar-refractivity contribution in [2.75, 3.05) is 31.1 Å². The molecule has 5 nitrogen and oxygen atoms in total. The van der Waals surface area contributed by atoms with Crippen molar-refractivity contribution in [1.82, 2.24) is 9.88 Å². The molecule has 4 rings (SSSR count). The van der Waals surface area contributed by atoms with Crippen LogP contribution in [-0.4, -0.2) is 47.8 Å². The number of nitrogens with zero attached hydrogens (tertiary/aromatic N) is 3. The lowest BCUT2D eigenvalue weighted by Crippen LogP contribution is -2.49. The zero-order valence-electron chi connectivity index (χ0n) is 16.1. The lowest BCUT2D eigenvalue weighted by molar-refractivity contribution is -0.131. The number of benzene rings is 2. The Morgan fingerprint density at radius 3 is 2.34 bits per heavy atom. The molecule has 1 fully saturated rings. The first kappa shape index (κ1) is 19.1. The number of para-hydroxylation sites is 1. The zero-order valence-corrected chi connectivity index (χ0v) is 16.1. The zero-order chi connectivity index (χ0) is 20.2. The molecule has 6 heteroatoms. The van der Waals surface area contributed by atoms with Crippen LogP contribution in [0.2, 0.25) is 0 Å². The highest BCUT2D eigenvalue weighted by Crippen LogP contribution is 2.19. The Hall–Kier alpha value is -3.28. The second kappa shape index (κ2) is 8.39. The number of anilines is 1. The Labute approximate surface area is 168 Å². The molecule has 1 saturated heterocycles. The Morgan fingerprint density at radius 2 is 1.59 bits per heavy atom. The van der Waals surface area contributed by atoms with Gasteiger partial charge in [0, 0.05) is 50.0 Å². The van der Waals surface area contributed by atoms with E-state index in [0.717, 1.165) is 16.7 Å². The van der Waals surface area contributed by atoms with Gasteiger partial charge in [0.15, 0.2) is 5.78 Å². The number of piperazine rings is 1. The van der Waals surface area contributed by atoms with Crippen LogP contribution in [0.3, 0.4) is 0 Å². The second-order valence-corrected chi connectivity index (χ2v) is 7.16. The van der Waals surface area contributed by atoms with E-state index in [-0.39, 0.29) is 30.3 Å². The van der Waals surface area contributed by atoms with E-state index >= 15 is 0 Å². The highest BCUT2D eigenvalue weighted by Gasteiger charge is 2.22. The number of carbonyl (C=O) groups excluding carboxylic acids is 2. The molecule has 0 bridgehead atoms. The maximum absolute atomic E-state index is 13.0. The van der Waals surface area contributed by atoms with E-state index in [1.807, 2.05) is 30.3 Å². The summed E-state index contributed by atoms with van der Waals surface area (Å²) in [5.74, 6) is 0.377. The van der Waals surface area contributed by atoms with Crippen LogP contribution < -0.4 is 4.90 Å². The Bertz CT molecular complexity index is 1030. The van der Waals surface area contributed by atoms with Crippen molar-refractivity contribution in [1.29, 1.82) is 0 Å². The highest BCUT2D eigenvalue weighted by atomic mass is 19.1. The van der Waals surface area contributed by atoms with Gasteiger partial charge in [-0.25, -0.2) is 9.37 Å². The van der Waals surface area contributed by atoms with E-state index in [4.69, 9.17) is 4.98 Å². The van der Waals surface area contributed by atoms with Gasteiger partial charge in [-0.15, -0.1) is 0 Å². The SMILES string of the molecule is O=C(CCC(=O)N1CCN(c2ccc3ccccc3n2)CC1)c1ccc(F)cc1. The van der Waals surface area contributed by atoms with Crippen molar-refractivity contribution in [3.05, 3.63) is 72.0 Å². The van der Waals surface area contributed by atoms with Gasteiger partial charge < -0.3 is 9.80 Å². The predicted molar refractivity (Wildman–Crippen MR) is 111 cm³/mol. The molecule has 1 amide bonds. The van der Waals surface area contributed by atoms with Gasteiger partial charge in [0.05, 0.1) is 5.52 Å². The third-order valence-corrected chi connectivity index (χ3v) is 5.27. The molecule has 0 aliphatic carbocycles. The quantitative estimate of drug-likeness (QED) is 0.623. The third kappa shape index (κ3) is 4.42. The van der Waals surface area contributed by atoms with Crippen molar-refractivity contribution in [3.8, 4) is 0 Å². The topological polar surface area (TPSA) is 53.5 Å². The minimum atomic E-state index is -0.378. The van der Waals surface area contributed by atoms with Crippen LogP contribution in [0, 0.1) is 5.82 Å². The van der Waals surface area contributed by atoms with Gasteiger partial charge in [-0.3, -0.25) is 9.59 Å². The van der Waals surface area contributed by atoms with Crippen molar-refractivity contribution in [3.63, 3.8) is 0 Å². The molecule has 0 saturated carbocycles. The van der Waals surface area contributed by atoms with Crippen LogP contribution in [0.1, 0.15) is 23.2 Å². The predicted octanol–water partition coefficient (Wildman–Crippen LogP) is 3.69. The smallest absolute Gasteiger partial charge is 0.223 e. The molecule has 29 heavy (non-hydrogen) atoms. The summed E-state index contributed by atoms with van der Waals surface area (Å²) in [7, 11) is 0.